The molecule has 5 heteroatoms. The molecule has 0 aliphatic heterocycles. The van der Waals surface area contributed by atoms with Gasteiger partial charge in [0.05, 0.1) is 5.39 Å². The van der Waals surface area contributed by atoms with Crippen LogP contribution in [0, 0.1) is 20.8 Å². The van der Waals surface area contributed by atoms with E-state index in [1.54, 1.807) is 16.0 Å². The van der Waals surface area contributed by atoms with Gasteiger partial charge >= 0.3 is 0 Å². The summed E-state index contributed by atoms with van der Waals surface area (Å²) in [6, 6.07) is 4.07. The zero-order chi connectivity index (χ0) is 15.4. The maximum Gasteiger partial charge on any atom is 0.281 e. The number of nitrogens with zero attached hydrogens (tertiary/aromatic N) is 3. The summed E-state index contributed by atoms with van der Waals surface area (Å²) in [4.78, 5) is 20.2. The van der Waals surface area contributed by atoms with Crippen LogP contribution >= 0.6 is 11.3 Å². The third kappa shape index (κ3) is 1.81. The van der Waals surface area contributed by atoms with E-state index in [4.69, 9.17) is 4.98 Å². The minimum atomic E-state index is 0.0734. The van der Waals surface area contributed by atoms with Crippen molar-refractivity contribution < 1.29 is 0 Å². The van der Waals surface area contributed by atoms with Gasteiger partial charge in [0.2, 0.25) is 0 Å². The van der Waals surface area contributed by atoms with Crippen LogP contribution in [0.25, 0.3) is 10.2 Å². The lowest BCUT2D eigenvalue weighted by molar-refractivity contribution is 0.573. The summed E-state index contributed by atoms with van der Waals surface area (Å²) in [6.45, 7) is 5.96. The molecule has 3 heterocycles. The van der Waals surface area contributed by atoms with Crippen LogP contribution in [0.5, 0.6) is 0 Å². The molecule has 0 spiro atoms. The van der Waals surface area contributed by atoms with Crippen molar-refractivity contribution in [2.75, 3.05) is 0 Å². The summed E-state index contributed by atoms with van der Waals surface area (Å²) in [5, 5.41) is 0.845. The second kappa shape index (κ2) is 4.81. The third-order valence-electron chi connectivity index (χ3n) is 4.56. The molecule has 0 saturated heterocycles. The fraction of sp³-hybridized carbons (Fsp3) is 0.412. The van der Waals surface area contributed by atoms with Crippen molar-refractivity contribution >= 4 is 21.6 Å². The number of thiophene rings is 1. The van der Waals surface area contributed by atoms with E-state index in [0.29, 0.717) is 0 Å². The summed E-state index contributed by atoms with van der Waals surface area (Å²) in [7, 11) is 0. The highest BCUT2D eigenvalue weighted by Gasteiger charge is 2.22. The number of aromatic nitrogens is 3. The van der Waals surface area contributed by atoms with Gasteiger partial charge in [-0.05, 0) is 64.2 Å². The molecule has 0 amide bonds. The molecule has 0 aromatic carbocycles. The summed E-state index contributed by atoms with van der Waals surface area (Å²) >= 11 is 1.71. The maximum atomic E-state index is 13.2. The Balaban J connectivity index is 2.11. The van der Waals surface area contributed by atoms with Crippen molar-refractivity contribution in [1.82, 2.24) is 14.3 Å². The fourth-order valence-electron chi connectivity index (χ4n) is 3.51. The van der Waals surface area contributed by atoms with Crippen molar-refractivity contribution in [2.24, 2.45) is 0 Å². The average Bonchev–Trinajstić information content (AvgIpc) is 3.01. The van der Waals surface area contributed by atoms with Gasteiger partial charge < -0.3 is 0 Å². The van der Waals surface area contributed by atoms with Crippen molar-refractivity contribution in [2.45, 2.75) is 46.5 Å². The quantitative estimate of drug-likeness (QED) is 0.691. The molecule has 0 bridgehead atoms. The predicted molar refractivity (Wildman–Crippen MR) is 90.0 cm³/mol. The molecule has 1 aliphatic rings. The normalized spacial score (nSPS) is 14.5. The minimum Gasteiger partial charge on any atom is -0.267 e. The number of aryl methyl sites for hydroxylation is 5. The van der Waals surface area contributed by atoms with E-state index < -0.39 is 0 Å². The van der Waals surface area contributed by atoms with Crippen LogP contribution in [-0.4, -0.2) is 14.3 Å². The molecule has 3 aromatic heterocycles. The Labute approximate surface area is 133 Å². The topological polar surface area (TPSA) is 39.8 Å². The molecule has 3 aromatic rings. The Morgan fingerprint density at radius 2 is 1.73 bits per heavy atom. The minimum absolute atomic E-state index is 0.0734. The van der Waals surface area contributed by atoms with E-state index in [-0.39, 0.29) is 5.56 Å². The summed E-state index contributed by atoms with van der Waals surface area (Å²) in [5.74, 6) is 0.749. The van der Waals surface area contributed by atoms with E-state index in [1.807, 2.05) is 37.6 Å². The first-order valence-electron chi connectivity index (χ1n) is 7.77. The molecule has 114 valence electrons. The largest absolute Gasteiger partial charge is 0.281 e. The number of rotatable bonds is 1. The Morgan fingerprint density at radius 3 is 2.45 bits per heavy atom. The highest BCUT2D eigenvalue weighted by atomic mass is 32.1. The van der Waals surface area contributed by atoms with Crippen molar-refractivity contribution in [3.63, 3.8) is 0 Å². The van der Waals surface area contributed by atoms with Crippen molar-refractivity contribution in [1.29, 1.82) is 0 Å². The molecule has 0 N–H and O–H groups in total. The summed E-state index contributed by atoms with van der Waals surface area (Å²) in [5.41, 5.74) is 3.42. The number of hydrogen-bond donors (Lipinski definition) is 0. The van der Waals surface area contributed by atoms with Gasteiger partial charge in [0.1, 0.15) is 10.7 Å². The molecule has 4 nitrogen and oxygen atoms in total. The Bertz CT molecular complexity index is 926. The Hall–Kier alpha value is -1.88. The van der Waals surface area contributed by atoms with Gasteiger partial charge in [-0.25, -0.2) is 4.98 Å². The monoisotopic (exact) mass is 313 g/mol. The molecular weight excluding hydrogens is 294 g/mol. The predicted octanol–water partition coefficient (Wildman–Crippen LogP) is 3.37. The number of hydrogen-bond acceptors (Lipinski definition) is 3. The molecule has 0 saturated carbocycles. The van der Waals surface area contributed by atoms with Gasteiger partial charge in [0.15, 0.2) is 0 Å². The molecular formula is C17H19N3OS. The van der Waals surface area contributed by atoms with Crippen LogP contribution in [0.1, 0.15) is 40.5 Å². The number of fused-ring (bicyclic) bond motifs is 3. The molecule has 1 aliphatic carbocycles. The first-order chi connectivity index (χ1) is 10.6. The van der Waals surface area contributed by atoms with Gasteiger partial charge in [-0.2, -0.15) is 4.68 Å². The highest BCUT2D eigenvalue weighted by Crippen LogP contribution is 2.33. The van der Waals surface area contributed by atoms with Crippen LogP contribution < -0.4 is 5.56 Å². The van der Waals surface area contributed by atoms with Gasteiger partial charge in [-0.1, -0.05) is 0 Å². The van der Waals surface area contributed by atoms with Crippen molar-refractivity contribution in [3.05, 3.63) is 50.1 Å². The van der Waals surface area contributed by atoms with Gasteiger partial charge in [-0.3, -0.25) is 9.47 Å². The molecule has 0 radical (unpaired) electrons. The Morgan fingerprint density at radius 1 is 1.05 bits per heavy atom. The molecule has 0 fully saturated rings. The molecule has 0 atom stereocenters. The lowest BCUT2D eigenvalue weighted by Gasteiger charge is -2.15. The van der Waals surface area contributed by atoms with Crippen LogP contribution in [0.3, 0.4) is 0 Å². The average molecular weight is 313 g/mol. The second-order valence-corrected chi connectivity index (χ2v) is 7.18. The smallest absolute Gasteiger partial charge is 0.267 e. The highest BCUT2D eigenvalue weighted by molar-refractivity contribution is 7.18. The lowest BCUT2D eigenvalue weighted by Crippen LogP contribution is -2.31. The van der Waals surface area contributed by atoms with Crippen LogP contribution in [0.4, 0.5) is 0 Å². The molecule has 22 heavy (non-hydrogen) atoms. The van der Waals surface area contributed by atoms with Gasteiger partial charge in [0.25, 0.3) is 5.56 Å². The fourth-order valence-corrected chi connectivity index (χ4v) is 4.81. The molecule has 0 unspecified atom stereocenters. The molecule has 4 rings (SSSR count). The van der Waals surface area contributed by atoms with Gasteiger partial charge in [0, 0.05) is 16.3 Å². The van der Waals surface area contributed by atoms with E-state index >= 15 is 0 Å². The second-order valence-electron chi connectivity index (χ2n) is 6.09. The lowest BCUT2D eigenvalue weighted by atomic mass is 9.97. The van der Waals surface area contributed by atoms with Crippen LogP contribution in [0.15, 0.2) is 16.9 Å². The van der Waals surface area contributed by atoms with Crippen molar-refractivity contribution in [3.8, 4) is 0 Å². The van der Waals surface area contributed by atoms with E-state index in [0.717, 1.165) is 40.3 Å². The standard InChI is InChI=1S/C17H19N3OS/c1-10-8-9-11(2)19(10)20-12(3)18-16-15(17(20)21)13-6-4-5-7-14(13)22-16/h8-9H,4-7H2,1-3H3. The van der Waals surface area contributed by atoms with Crippen LogP contribution in [0.2, 0.25) is 0 Å². The zero-order valence-corrected chi connectivity index (χ0v) is 14.0. The van der Waals surface area contributed by atoms with E-state index in [1.165, 1.54) is 23.3 Å². The van der Waals surface area contributed by atoms with E-state index in [9.17, 15) is 4.79 Å². The SMILES string of the molecule is Cc1ccc(C)n1-n1c(C)nc2sc3c(c2c1=O)CCCC3. The summed E-state index contributed by atoms with van der Waals surface area (Å²) in [6.07, 6.45) is 4.51. The zero-order valence-electron chi connectivity index (χ0n) is 13.1. The summed E-state index contributed by atoms with van der Waals surface area (Å²) < 4.78 is 3.70. The van der Waals surface area contributed by atoms with Crippen LogP contribution in [-0.2, 0) is 12.8 Å². The first kappa shape index (κ1) is 13.8. The van der Waals surface area contributed by atoms with Gasteiger partial charge in [-0.15, -0.1) is 11.3 Å². The first-order valence-corrected chi connectivity index (χ1v) is 8.59. The Kier molecular flexibility index (Phi) is 3.01. The van der Waals surface area contributed by atoms with E-state index in [2.05, 4.69) is 0 Å². The maximum absolute atomic E-state index is 13.2. The third-order valence-corrected chi connectivity index (χ3v) is 5.75.